The van der Waals surface area contributed by atoms with Gasteiger partial charge in [-0.25, -0.2) is 4.79 Å². The Labute approximate surface area is 159 Å². The van der Waals surface area contributed by atoms with E-state index in [1.54, 1.807) is 0 Å². The molecule has 6 heteroatoms. The number of carbonyl (C=O) groups excluding carboxylic acids is 1. The van der Waals surface area contributed by atoms with Crippen molar-refractivity contribution in [3.05, 3.63) is 71.8 Å². The van der Waals surface area contributed by atoms with Crippen LogP contribution in [0.15, 0.2) is 70.9 Å². The zero-order valence-electron chi connectivity index (χ0n) is 15.9. The summed E-state index contributed by atoms with van der Waals surface area (Å²) in [6, 6.07) is 19.6. The predicted octanol–water partition coefficient (Wildman–Crippen LogP) is 4.46. The first-order chi connectivity index (χ1) is 13.0. The average molecular weight is 365 g/mol. The molecule has 2 aromatic rings. The van der Waals surface area contributed by atoms with Gasteiger partial charge in [0.1, 0.15) is 0 Å². The van der Waals surface area contributed by atoms with Crippen LogP contribution in [0.3, 0.4) is 0 Å². The normalized spacial score (nSPS) is 18.3. The molecule has 2 amide bonds. The van der Waals surface area contributed by atoms with Gasteiger partial charge in [-0.2, -0.15) is 4.99 Å². The Morgan fingerprint density at radius 2 is 1.63 bits per heavy atom. The molecule has 0 radical (unpaired) electrons. The van der Waals surface area contributed by atoms with Gasteiger partial charge in [0.2, 0.25) is 0 Å². The van der Waals surface area contributed by atoms with Crippen molar-refractivity contribution in [2.45, 2.75) is 38.8 Å². The van der Waals surface area contributed by atoms with Gasteiger partial charge in [0.15, 0.2) is 11.3 Å². The highest BCUT2D eigenvalue weighted by molar-refractivity contribution is 5.91. The topological polar surface area (TPSA) is 66.1 Å². The van der Waals surface area contributed by atoms with Gasteiger partial charge in [0, 0.05) is 12.8 Å². The third-order valence-electron chi connectivity index (χ3n) is 4.93. The number of hydrogen-bond acceptors (Lipinski definition) is 3. The molecule has 3 rings (SSSR count). The first-order valence-electron chi connectivity index (χ1n) is 9.17. The van der Waals surface area contributed by atoms with E-state index in [1.165, 1.54) is 5.56 Å². The lowest BCUT2D eigenvalue weighted by molar-refractivity contribution is -0.620. The van der Waals surface area contributed by atoms with Gasteiger partial charge in [-0.1, -0.05) is 72.3 Å². The minimum atomic E-state index is -0.429. The molecule has 0 fully saturated rings. The second-order valence-electron chi connectivity index (χ2n) is 6.80. The van der Waals surface area contributed by atoms with E-state index in [0.29, 0.717) is 12.4 Å². The van der Waals surface area contributed by atoms with Crippen molar-refractivity contribution in [3.8, 4) is 0 Å². The maximum absolute atomic E-state index is 12.2. The minimum absolute atomic E-state index is 0.117. The molecule has 1 aliphatic rings. The van der Waals surface area contributed by atoms with Gasteiger partial charge in [0.05, 0.1) is 6.04 Å². The summed E-state index contributed by atoms with van der Waals surface area (Å²) in [7, 11) is 0. The summed E-state index contributed by atoms with van der Waals surface area (Å²) < 4.78 is 1.82. The zero-order chi connectivity index (χ0) is 19.2. The standard InChI is InChI=1S/C21H24N4O2/c1-15(18-10-6-4-7-11-18)17(3)25-14-20(27-24-25)23-21(26)22-16(2)19-12-8-5-9-13-19/h4-13,15-17H,14H2,1-3H3/p+1/b23-20+. The SMILES string of the molecule is CC(NC(=O)/N=C1\C[N+](C(C)C(C)c2ccccc2)=NO1)c1ccccc1. The Hall–Kier alpha value is -3.02. The van der Waals surface area contributed by atoms with Gasteiger partial charge in [-0.05, 0) is 18.1 Å². The van der Waals surface area contributed by atoms with E-state index in [2.05, 4.69) is 41.6 Å². The number of urea groups is 1. The third-order valence-corrected chi connectivity index (χ3v) is 4.93. The van der Waals surface area contributed by atoms with Crippen LogP contribution in [0.1, 0.15) is 43.9 Å². The number of benzene rings is 2. The summed E-state index contributed by atoms with van der Waals surface area (Å²) in [4.78, 5) is 21.5. The lowest BCUT2D eigenvalue weighted by atomic mass is 9.94. The van der Waals surface area contributed by atoms with Crippen molar-refractivity contribution in [1.82, 2.24) is 5.32 Å². The van der Waals surface area contributed by atoms with E-state index < -0.39 is 6.03 Å². The Kier molecular flexibility index (Phi) is 5.96. The van der Waals surface area contributed by atoms with Crippen LogP contribution in [0.2, 0.25) is 0 Å². The van der Waals surface area contributed by atoms with E-state index in [0.717, 1.165) is 5.56 Å². The molecule has 0 spiro atoms. The van der Waals surface area contributed by atoms with Crippen LogP contribution in [0, 0.1) is 0 Å². The third kappa shape index (κ3) is 4.78. The number of rotatable bonds is 5. The van der Waals surface area contributed by atoms with Crippen molar-refractivity contribution < 1.29 is 14.3 Å². The first-order valence-corrected chi connectivity index (χ1v) is 9.17. The predicted molar refractivity (Wildman–Crippen MR) is 104 cm³/mol. The summed E-state index contributed by atoms with van der Waals surface area (Å²) in [5.74, 6) is 0.574. The highest BCUT2D eigenvalue weighted by Crippen LogP contribution is 2.22. The number of aliphatic imine (C=N–C) groups is 1. The Balaban J connectivity index is 1.57. The number of carbonyl (C=O) groups is 1. The number of nitrogens with one attached hydrogen (secondary N) is 1. The van der Waals surface area contributed by atoms with Crippen molar-refractivity contribution in [2.24, 2.45) is 10.3 Å². The maximum Gasteiger partial charge on any atom is 0.344 e. The van der Waals surface area contributed by atoms with Gasteiger partial charge in [-0.3, -0.25) is 4.84 Å². The highest BCUT2D eigenvalue weighted by Gasteiger charge is 2.33. The lowest BCUT2D eigenvalue weighted by Crippen LogP contribution is -2.29. The molecule has 2 aromatic carbocycles. The van der Waals surface area contributed by atoms with Crippen LogP contribution in [0.4, 0.5) is 4.79 Å². The van der Waals surface area contributed by atoms with E-state index in [1.807, 2.05) is 60.2 Å². The van der Waals surface area contributed by atoms with Gasteiger partial charge >= 0.3 is 11.9 Å². The van der Waals surface area contributed by atoms with Gasteiger partial charge in [-0.15, -0.1) is 0 Å². The molecule has 1 heterocycles. The summed E-state index contributed by atoms with van der Waals surface area (Å²) >= 11 is 0. The first kappa shape index (κ1) is 18.8. The molecule has 6 nitrogen and oxygen atoms in total. The zero-order valence-corrected chi connectivity index (χ0v) is 15.9. The minimum Gasteiger partial charge on any atom is -0.330 e. The Morgan fingerprint density at radius 3 is 2.26 bits per heavy atom. The molecule has 0 aromatic heterocycles. The van der Waals surface area contributed by atoms with Crippen LogP contribution in [-0.2, 0) is 4.84 Å². The molecule has 0 saturated heterocycles. The lowest BCUT2D eigenvalue weighted by Gasteiger charge is -2.14. The molecule has 1 N–H and O–H groups in total. The summed E-state index contributed by atoms with van der Waals surface area (Å²) in [5.41, 5.74) is 2.26. The van der Waals surface area contributed by atoms with Gasteiger partial charge < -0.3 is 5.32 Å². The fourth-order valence-corrected chi connectivity index (χ4v) is 3.02. The largest absolute Gasteiger partial charge is 0.344 e. The summed E-state index contributed by atoms with van der Waals surface area (Å²) in [6.45, 7) is 6.54. The monoisotopic (exact) mass is 365 g/mol. The van der Waals surface area contributed by atoms with Crippen LogP contribution >= 0.6 is 0 Å². The second kappa shape index (κ2) is 8.58. The van der Waals surface area contributed by atoms with E-state index in [4.69, 9.17) is 4.84 Å². The molecule has 3 atom stereocenters. The van der Waals surface area contributed by atoms with Crippen LogP contribution < -0.4 is 5.32 Å². The van der Waals surface area contributed by atoms with E-state index >= 15 is 0 Å². The molecular weight excluding hydrogens is 340 g/mol. The van der Waals surface area contributed by atoms with Crippen molar-refractivity contribution >= 4 is 11.9 Å². The van der Waals surface area contributed by atoms with E-state index in [9.17, 15) is 4.79 Å². The van der Waals surface area contributed by atoms with Crippen molar-refractivity contribution in [1.29, 1.82) is 0 Å². The molecular formula is C21H25N4O2+. The number of amides is 2. The molecule has 3 unspecified atom stereocenters. The maximum atomic E-state index is 12.2. The smallest absolute Gasteiger partial charge is 0.330 e. The second-order valence-corrected chi connectivity index (χ2v) is 6.80. The fourth-order valence-electron chi connectivity index (χ4n) is 3.02. The van der Waals surface area contributed by atoms with Crippen molar-refractivity contribution in [2.75, 3.05) is 6.54 Å². The van der Waals surface area contributed by atoms with Crippen LogP contribution in [-0.4, -0.2) is 29.2 Å². The molecule has 27 heavy (non-hydrogen) atoms. The Bertz CT molecular complexity index is 834. The molecule has 0 saturated carbocycles. The summed E-state index contributed by atoms with van der Waals surface area (Å²) in [6.07, 6.45) is 0. The van der Waals surface area contributed by atoms with Crippen molar-refractivity contribution in [3.63, 3.8) is 0 Å². The summed E-state index contributed by atoms with van der Waals surface area (Å²) in [5, 5.41) is 6.93. The molecule has 140 valence electrons. The molecule has 0 bridgehead atoms. The van der Waals surface area contributed by atoms with Crippen LogP contribution in [0.5, 0.6) is 0 Å². The van der Waals surface area contributed by atoms with E-state index in [-0.39, 0.29) is 18.0 Å². The number of nitrogens with zero attached hydrogens (tertiary/aromatic N) is 3. The average Bonchev–Trinajstić information content (AvgIpc) is 3.16. The number of hydrogen-bond donors (Lipinski definition) is 1. The highest BCUT2D eigenvalue weighted by atomic mass is 16.7. The molecule has 0 aliphatic carbocycles. The van der Waals surface area contributed by atoms with Crippen LogP contribution in [0.25, 0.3) is 0 Å². The molecule has 1 aliphatic heterocycles. The fraction of sp³-hybridized carbons (Fsp3) is 0.333. The quantitative estimate of drug-likeness (QED) is 0.795. The van der Waals surface area contributed by atoms with Gasteiger partial charge in [0.25, 0.3) is 6.54 Å². The Morgan fingerprint density at radius 1 is 1.04 bits per heavy atom.